The Kier molecular flexibility index (Phi) is 2.41. The molecular formula is C6H5N2O5S-. The average Bonchev–Trinajstić information content (AvgIpc) is 2.02. The zero-order valence-corrected chi connectivity index (χ0v) is 7.52. The number of nitro groups is 1. The molecule has 0 radical (unpaired) electrons. The van der Waals surface area contributed by atoms with E-state index in [1.54, 1.807) is 0 Å². The molecule has 2 N–H and O–H groups in total. The molecule has 0 bridgehead atoms. The van der Waals surface area contributed by atoms with Gasteiger partial charge < -0.3 is 5.11 Å². The summed E-state index contributed by atoms with van der Waals surface area (Å²) in [6.07, 6.45) is 0. The van der Waals surface area contributed by atoms with Gasteiger partial charge in [-0.25, -0.2) is 13.6 Å². The lowest BCUT2D eigenvalue weighted by Crippen LogP contribution is -2.12. The molecule has 0 aromatic heterocycles. The van der Waals surface area contributed by atoms with Crippen LogP contribution in [0.5, 0.6) is 5.75 Å². The topological polar surface area (TPSA) is 126 Å². The third-order valence-corrected chi connectivity index (χ3v) is 2.37. The van der Waals surface area contributed by atoms with Crippen LogP contribution in [0.2, 0.25) is 0 Å². The Balaban J connectivity index is 3.42. The number of benzene rings is 1. The van der Waals surface area contributed by atoms with Gasteiger partial charge in [0, 0.05) is 6.07 Å². The first-order valence-corrected chi connectivity index (χ1v) is 4.85. The van der Waals surface area contributed by atoms with E-state index in [0.29, 0.717) is 6.07 Å². The highest BCUT2D eigenvalue weighted by Crippen LogP contribution is 2.25. The van der Waals surface area contributed by atoms with Crippen molar-refractivity contribution in [2.75, 3.05) is 0 Å². The summed E-state index contributed by atoms with van der Waals surface area (Å²) in [4.78, 5) is 8.85. The van der Waals surface area contributed by atoms with Crippen molar-refractivity contribution in [3.05, 3.63) is 28.3 Å². The van der Waals surface area contributed by atoms with Crippen LogP contribution in [0.4, 0.5) is 5.69 Å². The van der Waals surface area contributed by atoms with E-state index in [-0.39, 0.29) is 0 Å². The minimum absolute atomic E-state index is 0.455. The standard InChI is InChI=1S/C6H6N2O5S/c7-14(12,13)4-1-2-6(9)5(3-4)8(10)11/h1-3,9H,(H2,7,12,13)/p-1. The first-order valence-electron chi connectivity index (χ1n) is 3.30. The van der Waals surface area contributed by atoms with Crippen LogP contribution in [0.1, 0.15) is 0 Å². The molecule has 0 spiro atoms. The van der Waals surface area contributed by atoms with Crippen LogP contribution in [0.3, 0.4) is 0 Å². The number of nitrogens with two attached hydrogens (primary N) is 1. The number of hydrogen-bond donors (Lipinski definition) is 1. The van der Waals surface area contributed by atoms with E-state index in [0.717, 1.165) is 12.1 Å². The number of primary sulfonamides is 1. The van der Waals surface area contributed by atoms with Crippen molar-refractivity contribution >= 4 is 15.7 Å². The lowest BCUT2D eigenvalue weighted by Gasteiger charge is -2.06. The Morgan fingerprint density at radius 3 is 2.36 bits per heavy atom. The van der Waals surface area contributed by atoms with Gasteiger partial charge in [-0.05, 0) is 11.8 Å². The summed E-state index contributed by atoms with van der Waals surface area (Å²) in [5, 5.41) is 25.9. The second-order valence-corrected chi connectivity index (χ2v) is 3.99. The maximum atomic E-state index is 10.9. The van der Waals surface area contributed by atoms with Gasteiger partial charge in [-0.3, -0.25) is 10.1 Å². The van der Waals surface area contributed by atoms with E-state index in [9.17, 15) is 23.6 Å². The van der Waals surface area contributed by atoms with Crippen LogP contribution in [0.15, 0.2) is 23.1 Å². The minimum Gasteiger partial charge on any atom is -0.868 e. The van der Waals surface area contributed by atoms with Crippen molar-refractivity contribution in [1.82, 2.24) is 0 Å². The summed E-state index contributed by atoms with van der Waals surface area (Å²) in [5.41, 5.74) is -0.809. The van der Waals surface area contributed by atoms with Crippen molar-refractivity contribution in [3.8, 4) is 5.75 Å². The van der Waals surface area contributed by atoms with Gasteiger partial charge in [-0.1, -0.05) is 6.07 Å². The molecule has 0 saturated heterocycles. The third-order valence-electron chi connectivity index (χ3n) is 1.46. The molecular weight excluding hydrogens is 212 g/mol. The smallest absolute Gasteiger partial charge is 0.263 e. The summed E-state index contributed by atoms with van der Waals surface area (Å²) in [6.45, 7) is 0. The van der Waals surface area contributed by atoms with E-state index in [1.807, 2.05) is 0 Å². The van der Waals surface area contributed by atoms with Crippen LogP contribution >= 0.6 is 0 Å². The largest absolute Gasteiger partial charge is 0.868 e. The fourth-order valence-electron chi connectivity index (χ4n) is 0.817. The van der Waals surface area contributed by atoms with E-state index >= 15 is 0 Å². The summed E-state index contributed by atoms with van der Waals surface area (Å²) in [6, 6.07) is 2.35. The van der Waals surface area contributed by atoms with Crippen molar-refractivity contribution in [2.45, 2.75) is 4.90 Å². The van der Waals surface area contributed by atoms with Gasteiger partial charge in [0.05, 0.1) is 9.82 Å². The van der Waals surface area contributed by atoms with Gasteiger partial charge in [-0.15, -0.1) is 0 Å². The second kappa shape index (κ2) is 3.24. The maximum absolute atomic E-state index is 10.9. The van der Waals surface area contributed by atoms with Crippen molar-refractivity contribution in [3.63, 3.8) is 0 Å². The van der Waals surface area contributed by atoms with E-state index in [4.69, 9.17) is 5.14 Å². The highest BCUT2D eigenvalue weighted by Gasteiger charge is 2.14. The van der Waals surface area contributed by atoms with Gasteiger partial charge in [0.15, 0.2) is 0 Å². The van der Waals surface area contributed by atoms with Crippen molar-refractivity contribution in [2.24, 2.45) is 5.14 Å². The fraction of sp³-hybridized carbons (Fsp3) is 0. The predicted octanol–water partition coefficient (Wildman–Crippen LogP) is -0.684. The predicted molar refractivity (Wildman–Crippen MR) is 43.9 cm³/mol. The number of hydrogen-bond acceptors (Lipinski definition) is 5. The fourth-order valence-corrected chi connectivity index (χ4v) is 1.35. The normalized spacial score (nSPS) is 11.2. The average molecular weight is 217 g/mol. The highest BCUT2D eigenvalue weighted by atomic mass is 32.2. The molecule has 1 aromatic rings. The van der Waals surface area contributed by atoms with Crippen molar-refractivity contribution < 1.29 is 18.4 Å². The molecule has 0 unspecified atom stereocenters. The van der Waals surface area contributed by atoms with Gasteiger partial charge in [0.25, 0.3) is 5.69 Å². The Bertz CT molecular complexity index is 481. The first kappa shape index (κ1) is 10.4. The minimum atomic E-state index is -4.02. The molecule has 8 heteroatoms. The zero-order chi connectivity index (χ0) is 10.9. The lowest BCUT2D eigenvalue weighted by atomic mass is 10.3. The molecule has 0 saturated carbocycles. The molecule has 0 aliphatic heterocycles. The molecule has 0 atom stereocenters. The molecule has 0 amide bonds. The molecule has 14 heavy (non-hydrogen) atoms. The van der Waals surface area contributed by atoms with Gasteiger partial charge in [-0.2, -0.15) is 0 Å². The third kappa shape index (κ3) is 1.98. The van der Waals surface area contributed by atoms with Crippen LogP contribution in [-0.2, 0) is 10.0 Å². The lowest BCUT2D eigenvalue weighted by molar-refractivity contribution is -0.398. The summed E-state index contributed by atoms with van der Waals surface area (Å²) < 4.78 is 21.5. The molecule has 76 valence electrons. The number of nitrogens with zero attached hydrogens (tertiary/aromatic N) is 1. The summed E-state index contributed by atoms with van der Waals surface area (Å²) >= 11 is 0. The van der Waals surface area contributed by atoms with Gasteiger partial charge in [0.1, 0.15) is 0 Å². The number of rotatable bonds is 2. The zero-order valence-electron chi connectivity index (χ0n) is 6.71. The molecule has 7 nitrogen and oxygen atoms in total. The van der Waals surface area contributed by atoms with E-state index in [2.05, 4.69) is 0 Å². The molecule has 1 rings (SSSR count). The summed E-state index contributed by atoms with van der Waals surface area (Å²) in [7, 11) is -4.02. The first-order chi connectivity index (χ1) is 6.32. The van der Waals surface area contributed by atoms with Crippen LogP contribution in [0, 0.1) is 10.1 Å². The Hall–Kier alpha value is -1.67. The Morgan fingerprint density at radius 2 is 1.93 bits per heavy atom. The SMILES string of the molecule is NS(=O)(=O)c1ccc([O-])c([N+](=O)[O-])c1. The van der Waals surface area contributed by atoms with Crippen LogP contribution in [-0.4, -0.2) is 13.3 Å². The van der Waals surface area contributed by atoms with E-state index < -0.39 is 31.3 Å². The van der Waals surface area contributed by atoms with E-state index in [1.165, 1.54) is 0 Å². The highest BCUT2D eigenvalue weighted by molar-refractivity contribution is 7.89. The van der Waals surface area contributed by atoms with Crippen LogP contribution in [0.25, 0.3) is 0 Å². The monoisotopic (exact) mass is 217 g/mol. The molecule has 0 fully saturated rings. The number of sulfonamides is 1. The van der Waals surface area contributed by atoms with Crippen molar-refractivity contribution in [1.29, 1.82) is 0 Å². The van der Waals surface area contributed by atoms with Crippen LogP contribution < -0.4 is 10.2 Å². The molecule has 1 aromatic carbocycles. The molecule has 0 aliphatic carbocycles. The van der Waals surface area contributed by atoms with Gasteiger partial charge >= 0.3 is 0 Å². The molecule has 0 aliphatic rings. The summed E-state index contributed by atoms with van der Waals surface area (Å²) in [5.74, 6) is -0.859. The Labute approximate surface area is 79.0 Å². The molecule has 0 heterocycles. The maximum Gasteiger partial charge on any atom is 0.263 e. The quantitative estimate of drug-likeness (QED) is 0.518. The second-order valence-electron chi connectivity index (χ2n) is 2.43. The number of nitro benzene ring substituents is 1. The Morgan fingerprint density at radius 1 is 1.36 bits per heavy atom. The van der Waals surface area contributed by atoms with Gasteiger partial charge in [0.2, 0.25) is 10.0 Å².